The Morgan fingerprint density at radius 2 is 2.00 bits per heavy atom. The third-order valence-corrected chi connectivity index (χ3v) is 5.35. The van der Waals surface area contributed by atoms with Crippen molar-refractivity contribution in [3.05, 3.63) is 17.1 Å². The fraction of sp³-hybridized carbons (Fsp3) is 0.667. The van der Waals surface area contributed by atoms with Gasteiger partial charge in [-0.25, -0.2) is 13.1 Å². The molecule has 0 aliphatic carbocycles. The molecule has 0 bridgehead atoms. The van der Waals surface area contributed by atoms with Crippen molar-refractivity contribution in [1.29, 1.82) is 0 Å². The Hall–Kier alpha value is -0.500. The van der Waals surface area contributed by atoms with Gasteiger partial charge in [-0.3, -0.25) is 0 Å². The monoisotopic (exact) mass is 307 g/mol. The summed E-state index contributed by atoms with van der Waals surface area (Å²) in [5, 5.41) is 9.28. The number of hydrogen-bond acceptors (Lipinski definition) is 5. The highest BCUT2D eigenvalue weighted by molar-refractivity contribution is 7.98. The molecule has 0 radical (unpaired) electrons. The summed E-state index contributed by atoms with van der Waals surface area (Å²) in [6.45, 7) is 5.25. The zero-order valence-electron chi connectivity index (χ0n) is 11.7. The van der Waals surface area contributed by atoms with Gasteiger partial charge < -0.3 is 9.52 Å². The lowest BCUT2D eigenvalue weighted by Gasteiger charge is -2.12. The number of sulfonamides is 1. The van der Waals surface area contributed by atoms with E-state index >= 15 is 0 Å². The Morgan fingerprint density at radius 3 is 2.53 bits per heavy atom. The lowest BCUT2D eigenvalue weighted by atomic mass is 10.2. The molecule has 1 aromatic heterocycles. The third-order valence-electron chi connectivity index (χ3n) is 2.82. The van der Waals surface area contributed by atoms with E-state index in [-0.39, 0.29) is 17.4 Å². The second kappa shape index (κ2) is 6.78. The van der Waals surface area contributed by atoms with E-state index in [4.69, 9.17) is 4.42 Å². The first kappa shape index (κ1) is 16.6. The first-order chi connectivity index (χ1) is 8.83. The van der Waals surface area contributed by atoms with Crippen molar-refractivity contribution in [2.45, 2.75) is 32.3 Å². The molecule has 19 heavy (non-hydrogen) atoms. The van der Waals surface area contributed by atoms with E-state index in [1.807, 2.05) is 13.2 Å². The smallest absolute Gasteiger partial charge is 0.244 e. The first-order valence-corrected chi connectivity index (χ1v) is 8.89. The quantitative estimate of drug-likeness (QED) is 0.801. The topological polar surface area (TPSA) is 79.5 Å². The van der Waals surface area contributed by atoms with Crippen molar-refractivity contribution in [2.24, 2.45) is 5.92 Å². The second-order valence-electron chi connectivity index (χ2n) is 4.59. The molecule has 0 spiro atoms. The molecule has 2 N–H and O–H groups in total. The van der Waals surface area contributed by atoms with Gasteiger partial charge in [0.1, 0.15) is 16.4 Å². The van der Waals surface area contributed by atoms with Crippen LogP contribution in [0.15, 0.2) is 9.31 Å². The largest absolute Gasteiger partial charge is 0.465 e. The summed E-state index contributed by atoms with van der Waals surface area (Å²) in [7, 11) is -3.64. The molecule has 1 atom stereocenters. The van der Waals surface area contributed by atoms with Crippen molar-refractivity contribution >= 4 is 21.8 Å². The molecule has 0 aliphatic rings. The highest BCUT2D eigenvalue weighted by Gasteiger charge is 2.26. The van der Waals surface area contributed by atoms with Crippen molar-refractivity contribution < 1.29 is 17.9 Å². The number of furan rings is 1. The number of aryl methyl sites for hydroxylation is 2. The van der Waals surface area contributed by atoms with Gasteiger partial charge >= 0.3 is 0 Å². The van der Waals surface area contributed by atoms with Crippen LogP contribution in [0.5, 0.6) is 0 Å². The predicted octanol–water partition coefficient (Wildman–Crippen LogP) is 1.67. The maximum absolute atomic E-state index is 12.3. The van der Waals surface area contributed by atoms with Gasteiger partial charge in [-0.05, 0) is 31.8 Å². The SMILES string of the molecule is CSCC(C)CNS(=O)(=O)c1c(C)oc(C)c1CO. The molecule has 1 rings (SSSR count). The number of aliphatic hydroxyl groups excluding tert-OH is 1. The number of aliphatic hydroxyl groups is 1. The molecular formula is C12H21NO4S2. The zero-order valence-corrected chi connectivity index (χ0v) is 13.3. The predicted molar refractivity (Wildman–Crippen MR) is 76.8 cm³/mol. The van der Waals surface area contributed by atoms with Gasteiger partial charge in [0, 0.05) is 12.1 Å². The molecule has 5 nitrogen and oxygen atoms in total. The van der Waals surface area contributed by atoms with Crippen LogP contribution >= 0.6 is 11.8 Å². The highest BCUT2D eigenvalue weighted by Crippen LogP contribution is 2.26. The second-order valence-corrected chi connectivity index (χ2v) is 7.21. The average molecular weight is 307 g/mol. The molecule has 1 unspecified atom stereocenters. The molecule has 1 aromatic rings. The first-order valence-electron chi connectivity index (χ1n) is 6.01. The van der Waals surface area contributed by atoms with Crippen molar-refractivity contribution in [1.82, 2.24) is 4.72 Å². The zero-order chi connectivity index (χ0) is 14.6. The average Bonchev–Trinajstić information content (AvgIpc) is 2.62. The Bertz CT molecular complexity index is 522. The molecule has 0 saturated carbocycles. The van der Waals surface area contributed by atoms with E-state index in [0.717, 1.165) is 5.75 Å². The Labute approximate surface area is 118 Å². The maximum atomic E-state index is 12.3. The van der Waals surface area contributed by atoms with Gasteiger partial charge in [-0.15, -0.1) is 0 Å². The van der Waals surface area contributed by atoms with Gasteiger partial charge in [0.05, 0.1) is 6.61 Å². The minimum Gasteiger partial charge on any atom is -0.465 e. The number of hydrogen-bond donors (Lipinski definition) is 2. The van der Waals surface area contributed by atoms with E-state index in [1.165, 1.54) is 0 Å². The Balaban J connectivity index is 2.95. The molecule has 1 heterocycles. The van der Waals surface area contributed by atoms with E-state index in [1.54, 1.807) is 25.6 Å². The minimum absolute atomic E-state index is 0.0730. The lowest BCUT2D eigenvalue weighted by Crippen LogP contribution is -2.30. The van der Waals surface area contributed by atoms with Gasteiger partial charge in [-0.1, -0.05) is 6.92 Å². The molecule has 0 amide bonds. The Morgan fingerprint density at radius 1 is 1.37 bits per heavy atom. The van der Waals surface area contributed by atoms with Crippen LogP contribution in [0.25, 0.3) is 0 Å². The highest BCUT2D eigenvalue weighted by atomic mass is 32.2. The standard InChI is InChI=1S/C12H21NO4S2/c1-8(7-18-4)5-13-19(15,16)12-10(3)17-9(2)11(12)6-14/h8,13-14H,5-7H2,1-4H3. The van der Waals surface area contributed by atoms with Crippen LogP contribution in [0.1, 0.15) is 24.0 Å². The molecule has 0 aliphatic heterocycles. The summed E-state index contributed by atoms with van der Waals surface area (Å²) >= 11 is 1.68. The van der Waals surface area contributed by atoms with Crippen LogP contribution in [0.4, 0.5) is 0 Å². The molecule has 7 heteroatoms. The van der Waals surface area contributed by atoms with E-state index in [2.05, 4.69) is 4.72 Å². The summed E-state index contributed by atoms with van der Waals surface area (Å²) in [4.78, 5) is 0.0730. The molecule has 0 fully saturated rings. The van der Waals surface area contributed by atoms with Crippen LogP contribution in [-0.4, -0.2) is 32.1 Å². The van der Waals surface area contributed by atoms with E-state index < -0.39 is 10.0 Å². The summed E-state index contributed by atoms with van der Waals surface area (Å²) in [6.07, 6.45) is 1.98. The van der Waals surface area contributed by atoms with Crippen molar-refractivity contribution in [2.75, 3.05) is 18.6 Å². The molecule has 110 valence electrons. The van der Waals surface area contributed by atoms with Crippen LogP contribution in [0, 0.1) is 19.8 Å². The van der Waals surface area contributed by atoms with Crippen LogP contribution in [-0.2, 0) is 16.6 Å². The summed E-state index contributed by atoms with van der Waals surface area (Å²) in [5.41, 5.74) is 0.336. The van der Waals surface area contributed by atoms with Crippen molar-refractivity contribution in [3.63, 3.8) is 0 Å². The third kappa shape index (κ3) is 3.98. The number of thioether (sulfide) groups is 1. The molecular weight excluding hydrogens is 286 g/mol. The summed E-state index contributed by atoms with van der Waals surface area (Å²) in [5.74, 6) is 1.89. The van der Waals surface area contributed by atoms with Crippen LogP contribution in [0.3, 0.4) is 0 Å². The van der Waals surface area contributed by atoms with E-state index in [9.17, 15) is 13.5 Å². The Kier molecular flexibility index (Phi) is 5.91. The van der Waals surface area contributed by atoms with Gasteiger partial charge in [0.15, 0.2) is 0 Å². The number of nitrogens with one attached hydrogen (secondary N) is 1. The number of rotatable bonds is 7. The van der Waals surface area contributed by atoms with Gasteiger partial charge in [-0.2, -0.15) is 11.8 Å². The fourth-order valence-electron chi connectivity index (χ4n) is 1.91. The molecule has 0 aromatic carbocycles. The molecule has 0 saturated heterocycles. The summed E-state index contributed by atoms with van der Waals surface area (Å²) < 4.78 is 32.4. The van der Waals surface area contributed by atoms with Crippen LogP contribution < -0.4 is 4.72 Å². The lowest BCUT2D eigenvalue weighted by molar-refractivity contribution is 0.276. The van der Waals surface area contributed by atoms with Crippen molar-refractivity contribution in [3.8, 4) is 0 Å². The van der Waals surface area contributed by atoms with Gasteiger partial charge in [0.2, 0.25) is 10.0 Å². The van der Waals surface area contributed by atoms with Gasteiger partial charge in [0.25, 0.3) is 0 Å². The maximum Gasteiger partial charge on any atom is 0.244 e. The summed E-state index contributed by atoms with van der Waals surface area (Å²) in [6, 6.07) is 0. The fourth-order valence-corrected chi connectivity index (χ4v) is 4.20. The van der Waals surface area contributed by atoms with Crippen LogP contribution in [0.2, 0.25) is 0 Å². The normalized spacial score (nSPS) is 13.7. The van der Waals surface area contributed by atoms with E-state index in [0.29, 0.717) is 23.6 Å². The minimum atomic E-state index is -3.64.